The summed E-state index contributed by atoms with van der Waals surface area (Å²) in [7, 11) is 0. The van der Waals surface area contributed by atoms with Gasteiger partial charge < -0.3 is 15.5 Å². The van der Waals surface area contributed by atoms with Crippen LogP contribution in [0.1, 0.15) is 48.0 Å². The number of carboxylic acid groups (broad SMARTS) is 1. The summed E-state index contributed by atoms with van der Waals surface area (Å²) in [4.78, 5) is 23.7. The summed E-state index contributed by atoms with van der Waals surface area (Å²) in [6.07, 6.45) is 4.02. The van der Waals surface area contributed by atoms with Crippen LogP contribution in [0.15, 0.2) is 18.2 Å². The molecule has 0 aromatic heterocycles. The zero-order valence-corrected chi connectivity index (χ0v) is 12.1. The maximum Gasteiger partial charge on any atom is 0.308 e. The van der Waals surface area contributed by atoms with E-state index in [-0.39, 0.29) is 17.4 Å². The van der Waals surface area contributed by atoms with Crippen molar-refractivity contribution in [2.45, 2.75) is 45.1 Å². The number of aromatic hydroxyl groups is 1. The Balaban J connectivity index is 2.16. The zero-order chi connectivity index (χ0) is 15.4. The zero-order valence-electron chi connectivity index (χ0n) is 12.1. The smallest absolute Gasteiger partial charge is 0.308 e. The monoisotopic (exact) mass is 291 g/mol. The van der Waals surface area contributed by atoms with Crippen molar-refractivity contribution in [1.82, 2.24) is 5.32 Å². The van der Waals surface area contributed by atoms with Crippen molar-refractivity contribution in [3.63, 3.8) is 0 Å². The largest absolute Gasteiger partial charge is 0.507 e. The first kappa shape index (κ1) is 15.4. The van der Waals surface area contributed by atoms with Crippen molar-refractivity contribution >= 4 is 11.9 Å². The number of benzene rings is 1. The predicted octanol–water partition coefficient (Wildman–Crippen LogP) is 2.46. The Morgan fingerprint density at radius 1 is 1.19 bits per heavy atom. The molecule has 1 aromatic carbocycles. The van der Waals surface area contributed by atoms with E-state index in [2.05, 4.69) is 5.32 Å². The van der Waals surface area contributed by atoms with Gasteiger partial charge in [0.15, 0.2) is 0 Å². The molecule has 5 heteroatoms. The summed E-state index contributed by atoms with van der Waals surface area (Å²) in [5.41, 5.74) is 0.821. The number of para-hydroxylation sites is 1. The second-order valence-corrected chi connectivity index (χ2v) is 5.63. The topological polar surface area (TPSA) is 86.6 Å². The molecule has 1 fully saturated rings. The number of amides is 1. The van der Waals surface area contributed by atoms with Gasteiger partial charge in [0.25, 0.3) is 5.91 Å². The van der Waals surface area contributed by atoms with Crippen LogP contribution in [0.5, 0.6) is 5.75 Å². The van der Waals surface area contributed by atoms with Gasteiger partial charge in [-0.3, -0.25) is 9.59 Å². The van der Waals surface area contributed by atoms with Gasteiger partial charge in [0.1, 0.15) is 5.75 Å². The Labute approximate surface area is 124 Å². The van der Waals surface area contributed by atoms with Crippen LogP contribution in [0.2, 0.25) is 0 Å². The van der Waals surface area contributed by atoms with E-state index in [1.54, 1.807) is 25.1 Å². The Morgan fingerprint density at radius 2 is 1.90 bits per heavy atom. The molecule has 0 spiro atoms. The Kier molecular flexibility index (Phi) is 4.83. The molecule has 114 valence electrons. The van der Waals surface area contributed by atoms with Gasteiger partial charge in [-0.15, -0.1) is 0 Å². The van der Waals surface area contributed by atoms with E-state index < -0.39 is 17.8 Å². The number of nitrogens with one attached hydrogen (secondary N) is 1. The van der Waals surface area contributed by atoms with Gasteiger partial charge in [0, 0.05) is 6.04 Å². The summed E-state index contributed by atoms with van der Waals surface area (Å²) in [5, 5.41) is 22.1. The van der Waals surface area contributed by atoms with E-state index in [1.165, 1.54) is 0 Å². The second kappa shape index (κ2) is 6.61. The molecule has 0 heterocycles. The first-order valence-corrected chi connectivity index (χ1v) is 7.33. The molecule has 2 unspecified atom stereocenters. The number of hydrogen-bond acceptors (Lipinski definition) is 3. The van der Waals surface area contributed by atoms with Gasteiger partial charge >= 0.3 is 5.97 Å². The summed E-state index contributed by atoms with van der Waals surface area (Å²) in [5.74, 6) is -1.87. The van der Waals surface area contributed by atoms with Crippen LogP contribution >= 0.6 is 0 Å². The Morgan fingerprint density at radius 3 is 2.62 bits per heavy atom. The van der Waals surface area contributed by atoms with Crippen LogP contribution in [0, 0.1) is 12.8 Å². The first-order chi connectivity index (χ1) is 10.0. The molecule has 1 aromatic rings. The quantitative estimate of drug-likeness (QED) is 0.747. The van der Waals surface area contributed by atoms with E-state index in [9.17, 15) is 19.8 Å². The SMILES string of the molecule is Cc1cccc(C(=O)NC2CCCCCC2C(=O)O)c1O. The second-order valence-electron chi connectivity index (χ2n) is 5.63. The van der Waals surface area contributed by atoms with Crippen LogP contribution < -0.4 is 5.32 Å². The summed E-state index contributed by atoms with van der Waals surface area (Å²) < 4.78 is 0. The molecule has 0 aliphatic heterocycles. The third-order valence-electron chi connectivity index (χ3n) is 4.13. The number of phenolic OH excluding ortho intramolecular Hbond substituents is 1. The van der Waals surface area contributed by atoms with E-state index >= 15 is 0 Å². The molecule has 3 N–H and O–H groups in total. The fraction of sp³-hybridized carbons (Fsp3) is 0.500. The molecule has 5 nitrogen and oxygen atoms in total. The number of rotatable bonds is 3. The summed E-state index contributed by atoms with van der Waals surface area (Å²) in [6.45, 7) is 1.72. The summed E-state index contributed by atoms with van der Waals surface area (Å²) >= 11 is 0. The van der Waals surface area contributed by atoms with Gasteiger partial charge in [-0.1, -0.05) is 31.4 Å². The fourth-order valence-corrected chi connectivity index (χ4v) is 2.86. The van der Waals surface area contributed by atoms with Crippen molar-refractivity contribution in [3.8, 4) is 5.75 Å². The molecule has 1 amide bonds. The Hall–Kier alpha value is -2.04. The highest BCUT2D eigenvalue weighted by atomic mass is 16.4. The molecular formula is C16H21NO4. The number of phenols is 1. The highest BCUT2D eigenvalue weighted by Gasteiger charge is 2.31. The molecule has 2 atom stereocenters. The highest BCUT2D eigenvalue weighted by molar-refractivity contribution is 5.97. The fourth-order valence-electron chi connectivity index (χ4n) is 2.86. The maximum atomic E-state index is 12.3. The minimum absolute atomic E-state index is 0.0458. The molecule has 1 aliphatic rings. The molecule has 0 bridgehead atoms. The van der Waals surface area contributed by atoms with Crippen molar-refractivity contribution in [2.75, 3.05) is 0 Å². The van der Waals surface area contributed by atoms with Crippen LogP contribution in [-0.4, -0.2) is 28.1 Å². The van der Waals surface area contributed by atoms with Gasteiger partial charge in [0.05, 0.1) is 11.5 Å². The number of carbonyl (C=O) groups excluding carboxylic acids is 1. The van der Waals surface area contributed by atoms with E-state index in [4.69, 9.17) is 0 Å². The van der Waals surface area contributed by atoms with Crippen molar-refractivity contribution in [2.24, 2.45) is 5.92 Å². The minimum Gasteiger partial charge on any atom is -0.507 e. The number of aryl methyl sites for hydroxylation is 1. The third kappa shape index (κ3) is 3.54. The number of hydrogen-bond donors (Lipinski definition) is 3. The van der Waals surface area contributed by atoms with Gasteiger partial charge in [0.2, 0.25) is 0 Å². The molecule has 0 radical (unpaired) electrons. The lowest BCUT2D eigenvalue weighted by molar-refractivity contribution is -0.142. The average molecular weight is 291 g/mol. The van der Waals surface area contributed by atoms with E-state index in [0.29, 0.717) is 18.4 Å². The van der Waals surface area contributed by atoms with Crippen molar-refractivity contribution < 1.29 is 19.8 Å². The normalized spacial score (nSPS) is 22.3. The predicted molar refractivity (Wildman–Crippen MR) is 78.3 cm³/mol. The molecule has 21 heavy (non-hydrogen) atoms. The molecule has 1 aliphatic carbocycles. The van der Waals surface area contributed by atoms with Gasteiger partial charge in [-0.2, -0.15) is 0 Å². The van der Waals surface area contributed by atoms with Crippen LogP contribution in [0.25, 0.3) is 0 Å². The van der Waals surface area contributed by atoms with Crippen molar-refractivity contribution in [3.05, 3.63) is 29.3 Å². The van der Waals surface area contributed by atoms with Crippen LogP contribution in [-0.2, 0) is 4.79 Å². The molecule has 0 saturated heterocycles. The lowest BCUT2D eigenvalue weighted by atomic mass is 9.94. The van der Waals surface area contributed by atoms with Gasteiger partial charge in [-0.25, -0.2) is 0 Å². The standard InChI is InChI=1S/C16H21NO4/c1-10-6-5-8-12(14(10)18)15(19)17-13-9-4-2-3-7-11(13)16(20)21/h5-6,8,11,13,18H,2-4,7,9H2,1H3,(H,17,19)(H,20,21). The van der Waals surface area contributed by atoms with Crippen LogP contribution in [0.3, 0.4) is 0 Å². The summed E-state index contributed by atoms with van der Waals surface area (Å²) in [6, 6.07) is 4.59. The van der Waals surface area contributed by atoms with E-state index in [0.717, 1.165) is 19.3 Å². The number of carbonyl (C=O) groups is 2. The average Bonchev–Trinajstić information content (AvgIpc) is 2.67. The van der Waals surface area contributed by atoms with Crippen molar-refractivity contribution in [1.29, 1.82) is 0 Å². The lowest BCUT2D eigenvalue weighted by Crippen LogP contribution is -2.42. The first-order valence-electron chi connectivity index (χ1n) is 7.33. The van der Waals surface area contributed by atoms with E-state index in [1.807, 2.05) is 0 Å². The molecular weight excluding hydrogens is 270 g/mol. The molecule has 2 rings (SSSR count). The minimum atomic E-state index is -0.865. The van der Waals surface area contributed by atoms with Crippen LogP contribution in [0.4, 0.5) is 0 Å². The Bertz CT molecular complexity index is 541. The number of aliphatic carboxylic acids is 1. The third-order valence-corrected chi connectivity index (χ3v) is 4.13. The lowest BCUT2D eigenvalue weighted by Gasteiger charge is -2.23. The molecule has 1 saturated carbocycles. The van der Waals surface area contributed by atoms with Gasteiger partial charge in [-0.05, 0) is 31.4 Å². The maximum absolute atomic E-state index is 12.3. The number of carboxylic acids is 1. The highest BCUT2D eigenvalue weighted by Crippen LogP contribution is 2.26.